The third kappa shape index (κ3) is 26.9. The van der Waals surface area contributed by atoms with Gasteiger partial charge in [0, 0.05) is 5.54 Å². The molecule has 0 aromatic heterocycles. The van der Waals surface area contributed by atoms with Crippen molar-refractivity contribution in [3.05, 3.63) is 49.1 Å². The molecule has 0 spiro atoms. The first-order valence-electron chi connectivity index (χ1n) is 3.48. The van der Waals surface area contributed by atoms with Crippen LogP contribution >= 0.6 is 11.6 Å². The van der Waals surface area contributed by atoms with E-state index < -0.39 is 0 Å². The van der Waals surface area contributed by atoms with Gasteiger partial charge in [-0.2, -0.15) is 0 Å². The third-order valence-corrected chi connectivity index (χ3v) is 0.862. The second kappa shape index (κ2) is 16.1. The van der Waals surface area contributed by atoms with Gasteiger partial charge in [0.05, 0.1) is 0 Å². The average molecular weight is 171 g/mol. The van der Waals surface area contributed by atoms with Gasteiger partial charge in [-0.1, -0.05) is 62.1 Å². The predicted molar refractivity (Wildman–Crippen MR) is 54.8 cm³/mol. The van der Waals surface area contributed by atoms with E-state index in [2.05, 4.69) is 26.2 Å². The second-order valence-electron chi connectivity index (χ2n) is 1.63. The van der Waals surface area contributed by atoms with Gasteiger partial charge in [-0.3, -0.25) is 0 Å². The molecule has 0 aliphatic carbocycles. The van der Waals surface area contributed by atoms with Crippen LogP contribution in [0.15, 0.2) is 49.1 Å². The Bertz CT molecular complexity index is 132. The second-order valence-corrected chi connectivity index (χ2v) is 1.88. The molecule has 11 heavy (non-hydrogen) atoms. The molecule has 0 saturated heterocycles. The Kier molecular flexibility index (Phi) is 18.9. The van der Waals surface area contributed by atoms with E-state index >= 15 is 0 Å². The van der Waals surface area contributed by atoms with Gasteiger partial charge < -0.3 is 0 Å². The molecule has 1 heteroatoms. The lowest BCUT2D eigenvalue weighted by atomic mass is 10.4. The summed E-state index contributed by atoms with van der Waals surface area (Å²) < 4.78 is 0. The van der Waals surface area contributed by atoms with Gasteiger partial charge in [-0.15, -0.1) is 0 Å². The first-order valence-corrected chi connectivity index (χ1v) is 3.92. The molecule has 0 fully saturated rings. The number of allylic oxidation sites excluding steroid dienone is 5. The molecule has 0 rings (SSSR count). The van der Waals surface area contributed by atoms with Gasteiger partial charge in [0.25, 0.3) is 0 Å². The zero-order chi connectivity index (χ0) is 8.95. The van der Waals surface area contributed by atoms with Crippen LogP contribution in [0.3, 0.4) is 0 Å². The Hall–Kier alpha value is -0.750. The molecule has 62 valence electrons. The topological polar surface area (TPSA) is 0 Å². The Morgan fingerprint density at radius 1 is 1.18 bits per heavy atom. The van der Waals surface area contributed by atoms with Gasteiger partial charge >= 0.3 is 0 Å². The van der Waals surface area contributed by atoms with Crippen molar-refractivity contribution in [2.75, 3.05) is 0 Å². The van der Waals surface area contributed by atoms with Crippen LogP contribution in [0.1, 0.15) is 13.3 Å². The Balaban J connectivity index is 0. The summed E-state index contributed by atoms with van der Waals surface area (Å²) >= 11 is 5.05. The molecular weight excluding hydrogens is 156 g/mol. The summed E-state index contributed by atoms with van der Waals surface area (Å²) in [6, 6.07) is 0. The Morgan fingerprint density at radius 3 is 1.82 bits per heavy atom. The molecule has 0 amide bonds. The maximum Gasteiger partial charge on any atom is 0.00422 e. The molecule has 0 aromatic carbocycles. The van der Waals surface area contributed by atoms with E-state index in [9.17, 15) is 0 Å². The van der Waals surface area contributed by atoms with E-state index in [4.69, 9.17) is 11.6 Å². The third-order valence-electron chi connectivity index (χ3n) is 0.717. The fourth-order valence-electron chi connectivity index (χ4n) is 0.284. The maximum atomic E-state index is 5.05. The van der Waals surface area contributed by atoms with Crippen molar-refractivity contribution in [3.8, 4) is 0 Å². The minimum Gasteiger partial charge on any atom is -0.0991 e. The van der Waals surface area contributed by atoms with E-state index in [0.29, 0.717) is 0 Å². The van der Waals surface area contributed by atoms with Crippen LogP contribution in [-0.2, 0) is 0 Å². The molecule has 0 nitrogen and oxygen atoms in total. The SMILES string of the molecule is C=CC=CCC.C=CC=CCl. The molecule has 0 radical (unpaired) electrons. The summed E-state index contributed by atoms with van der Waals surface area (Å²) in [6.45, 7) is 8.99. The molecular formula is C10H15Cl. The van der Waals surface area contributed by atoms with Crippen molar-refractivity contribution in [1.29, 1.82) is 0 Å². The highest BCUT2D eigenvalue weighted by Crippen LogP contribution is 1.76. The van der Waals surface area contributed by atoms with Gasteiger partial charge in [-0.25, -0.2) is 0 Å². The molecule has 0 aliphatic rings. The number of rotatable bonds is 3. The van der Waals surface area contributed by atoms with Gasteiger partial charge in [-0.05, 0) is 6.42 Å². The summed E-state index contributed by atoms with van der Waals surface area (Å²) in [6.07, 6.45) is 10.2. The normalized spacial score (nSPS) is 9.27. The predicted octanol–water partition coefficient (Wildman–Crippen LogP) is 4.06. The van der Waals surface area contributed by atoms with Crippen LogP contribution in [0.2, 0.25) is 0 Å². The van der Waals surface area contributed by atoms with Crippen LogP contribution in [-0.4, -0.2) is 0 Å². The molecule has 0 bridgehead atoms. The maximum absolute atomic E-state index is 5.05. The Labute approximate surface area is 74.6 Å². The van der Waals surface area contributed by atoms with Crippen LogP contribution < -0.4 is 0 Å². The first-order chi connectivity index (χ1) is 5.33. The fourth-order valence-corrected chi connectivity index (χ4v) is 0.387. The van der Waals surface area contributed by atoms with Crippen molar-refractivity contribution in [2.45, 2.75) is 13.3 Å². The highest BCUT2D eigenvalue weighted by atomic mass is 35.5. The Morgan fingerprint density at radius 2 is 1.73 bits per heavy atom. The minimum absolute atomic E-state index is 1.10. The zero-order valence-electron chi connectivity index (χ0n) is 6.96. The lowest BCUT2D eigenvalue weighted by molar-refractivity contribution is 1.22. The quantitative estimate of drug-likeness (QED) is 0.561. The molecule has 0 unspecified atom stereocenters. The van der Waals surface area contributed by atoms with Crippen molar-refractivity contribution in [1.82, 2.24) is 0 Å². The summed E-state index contributed by atoms with van der Waals surface area (Å²) in [4.78, 5) is 0. The van der Waals surface area contributed by atoms with Gasteiger partial charge in [0.1, 0.15) is 0 Å². The molecule has 0 aliphatic heterocycles. The summed E-state index contributed by atoms with van der Waals surface area (Å²) in [5, 5.41) is 0. The lowest BCUT2D eigenvalue weighted by Crippen LogP contribution is -1.46. The fraction of sp³-hybridized carbons (Fsp3) is 0.200. The van der Waals surface area contributed by atoms with Crippen LogP contribution in [0.25, 0.3) is 0 Å². The highest BCUT2D eigenvalue weighted by Gasteiger charge is 1.55. The summed E-state index contributed by atoms with van der Waals surface area (Å²) in [5.41, 5.74) is 1.41. The van der Waals surface area contributed by atoms with E-state index in [1.807, 2.05) is 6.08 Å². The molecule has 0 saturated carbocycles. The molecule has 0 atom stereocenters. The highest BCUT2D eigenvalue weighted by molar-refractivity contribution is 6.25. The number of hydrogen-bond donors (Lipinski definition) is 0. The summed E-state index contributed by atoms with van der Waals surface area (Å²) in [7, 11) is 0. The smallest absolute Gasteiger partial charge is 0.00422 e. The standard InChI is InChI=1S/C6H10.C4H5Cl/c1-3-5-6-4-2;1-2-3-4-5/h3,5-6H,1,4H2,2H3;2-4H,1H2. The number of hydrogen-bond acceptors (Lipinski definition) is 0. The number of halogens is 1. The monoisotopic (exact) mass is 170 g/mol. The van der Waals surface area contributed by atoms with Crippen molar-refractivity contribution in [3.63, 3.8) is 0 Å². The van der Waals surface area contributed by atoms with E-state index in [0.717, 1.165) is 6.42 Å². The van der Waals surface area contributed by atoms with Crippen molar-refractivity contribution >= 4 is 11.6 Å². The van der Waals surface area contributed by atoms with E-state index in [1.165, 1.54) is 5.54 Å². The van der Waals surface area contributed by atoms with Crippen LogP contribution in [0.4, 0.5) is 0 Å². The molecule has 0 N–H and O–H groups in total. The lowest BCUT2D eigenvalue weighted by Gasteiger charge is -1.67. The summed E-state index contributed by atoms with van der Waals surface area (Å²) in [5.74, 6) is 0. The van der Waals surface area contributed by atoms with Gasteiger partial charge in [0.15, 0.2) is 0 Å². The van der Waals surface area contributed by atoms with Crippen LogP contribution in [0, 0.1) is 0 Å². The molecule has 0 aromatic rings. The van der Waals surface area contributed by atoms with Crippen molar-refractivity contribution in [2.24, 2.45) is 0 Å². The zero-order valence-corrected chi connectivity index (χ0v) is 7.72. The van der Waals surface area contributed by atoms with E-state index in [-0.39, 0.29) is 0 Å². The average Bonchev–Trinajstić information content (AvgIpc) is 2.04. The molecule has 0 heterocycles. The first kappa shape index (κ1) is 12.9. The van der Waals surface area contributed by atoms with Crippen LogP contribution in [0.5, 0.6) is 0 Å². The largest absolute Gasteiger partial charge is 0.0991 e. The van der Waals surface area contributed by atoms with Gasteiger partial charge in [0.2, 0.25) is 0 Å². The van der Waals surface area contributed by atoms with Crippen molar-refractivity contribution < 1.29 is 0 Å². The minimum atomic E-state index is 1.10. The van der Waals surface area contributed by atoms with E-state index in [1.54, 1.807) is 18.2 Å².